The number of nitrogens with zero attached hydrogens (tertiary/aromatic N) is 2. The van der Waals surface area contributed by atoms with Crippen molar-refractivity contribution >= 4 is 44.3 Å². The topological polar surface area (TPSA) is 61.0 Å². The summed E-state index contributed by atoms with van der Waals surface area (Å²) in [6, 6.07) is 22.3. The normalized spacial score (nSPS) is 11.3. The third kappa shape index (κ3) is 3.80. The van der Waals surface area contributed by atoms with Gasteiger partial charge in [-0.1, -0.05) is 42.5 Å². The number of anilines is 1. The maximum absolute atomic E-state index is 13.4. The lowest BCUT2D eigenvalue weighted by molar-refractivity contribution is 0.0775. The lowest BCUT2D eigenvalue weighted by Crippen LogP contribution is -2.30. The number of aromatic nitrogens is 2. The van der Waals surface area contributed by atoms with Crippen LogP contribution in [0.2, 0.25) is 0 Å². The number of rotatable bonds is 7. The summed E-state index contributed by atoms with van der Waals surface area (Å²) in [5, 5.41) is 6.86. The molecule has 0 aliphatic heterocycles. The number of hydrogen-bond acceptors (Lipinski definition) is 3. The minimum Gasteiger partial charge on any atom is -0.384 e. The predicted molar refractivity (Wildman–Crippen MR) is 137 cm³/mol. The maximum Gasteiger partial charge on any atom is 0.254 e. The third-order valence-electron chi connectivity index (χ3n) is 6.36. The number of para-hydroxylation sites is 2. The molecule has 0 fully saturated rings. The van der Waals surface area contributed by atoms with Gasteiger partial charge in [-0.3, -0.25) is 4.79 Å². The molecule has 2 heterocycles. The van der Waals surface area contributed by atoms with Gasteiger partial charge in [0.05, 0.1) is 22.3 Å². The fourth-order valence-corrected chi connectivity index (χ4v) is 4.65. The summed E-state index contributed by atoms with van der Waals surface area (Å²) in [7, 11) is 0. The summed E-state index contributed by atoms with van der Waals surface area (Å²) in [5.74, 6) is 0.0439. The molecule has 0 aliphatic carbocycles. The molecule has 5 rings (SSSR count). The summed E-state index contributed by atoms with van der Waals surface area (Å²) in [6.07, 6.45) is 2.96. The van der Waals surface area contributed by atoms with Crippen molar-refractivity contribution in [1.29, 1.82) is 0 Å². The Bertz CT molecular complexity index is 1450. The van der Waals surface area contributed by atoms with Gasteiger partial charge in [-0.15, -0.1) is 0 Å². The van der Waals surface area contributed by atoms with Crippen molar-refractivity contribution in [3.8, 4) is 0 Å². The van der Waals surface area contributed by atoms with Gasteiger partial charge < -0.3 is 15.2 Å². The van der Waals surface area contributed by atoms with Crippen LogP contribution in [-0.2, 0) is 6.42 Å². The van der Waals surface area contributed by atoms with E-state index in [-0.39, 0.29) is 5.91 Å². The van der Waals surface area contributed by atoms with Gasteiger partial charge in [0.25, 0.3) is 5.91 Å². The van der Waals surface area contributed by atoms with Crippen LogP contribution in [0.5, 0.6) is 0 Å². The first-order valence-electron chi connectivity index (χ1n) is 11.6. The Morgan fingerprint density at radius 1 is 0.909 bits per heavy atom. The Morgan fingerprint density at radius 3 is 2.45 bits per heavy atom. The maximum atomic E-state index is 13.4. The summed E-state index contributed by atoms with van der Waals surface area (Å²) < 4.78 is 0. The van der Waals surface area contributed by atoms with Crippen molar-refractivity contribution < 1.29 is 4.79 Å². The third-order valence-corrected chi connectivity index (χ3v) is 6.36. The van der Waals surface area contributed by atoms with Gasteiger partial charge in [-0.2, -0.15) is 0 Å². The molecule has 0 atom stereocenters. The van der Waals surface area contributed by atoms with E-state index in [1.54, 1.807) is 0 Å². The molecular formula is C28H28N4O. The van der Waals surface area contributed by atoms with Gasteiger partial charge in [0, 0.05) is 47.5 Å². The molecule has 0 spiro atoms. The molecule has 2 aromatic heterocycles. The standard InChI is InChI=1S/C28H28N4O/c1-3-32(4-2)28(33)22-12-9-15-25-26(22)27(21-11-6-8-14-24(21)31-25)29-17-16-19-18-30-23-13-7-5-10-20(19)23/h5-15,18,30H,3-4,16-17H2,1-2H3,(H,29,31). The average Bonchev–Trinajstić information content (AvgIpc) is 3.27. The molecule has 2 N–H and O–H groups in total. The molecule has 5 heteroatoms. The summed E-state index contributed by atoms with van der Waals surface area (Å²) in [6.45, 7) is 6.13. The molecule has 0 radical (unpaired) electrons. The van der Waals surface area contributed by atoms with Crippen molar-refractivity contribution in [3.05, 3.63) is 84.1 Å². The Morgan fingerprint density at radius 2 is 1.64 bits per heavy atom. The van der Waals surface area contributed by atoms with E-state index >= 15 is 0 Å². The molecule has 0 saturated heterocycles. The number of amides is 1. The Balaban J connectivity index is 1.58. The zero-order valence-corrected chi connectivity index (χ0v) is 19.1. The highest BCUT2D eigenvalue weighted by atomic mass is 16.2. The molecule has 5 aromatic rings. The first kappa shape index (κ1) is 21.0. The number of aromatic amines is 1. The summed E-state index contributed by atoms with van der Waals surface area (Å²) in [5.41, 5.74) is 5.86. The number of nitrogens with one attached hydrogen (secondary N) is 2. The Hall–Kier alpha value is -3.86. The van der Waals surface area contributed by atoms with E-state index in [0.717, 1.165) is 46.0 Å². The number of pyridine rings is 1. The number of fused-ring (bicyclic) bond motifs is 3. The van der Waals surface area contributed by atoms with Crippen molar-refractivity contribution in [2.45, 2.75) is 20.3 Å². The van der Waals surface area contributed by atoms with Gasteiger partial charge >= 0.3 is 0 Å². The zero-order valence-electron chi connectivity index (χ0n) is 19.1. The largest absolute Gasteiger partial charge is 0.384 e. The lowest BCUT2D eigenvalue weighted by atomic mass is 10.0. The van der Waals surface area contributed by atoms with Gasteiger partial charge in [-0.25, -0.2) is 4.98 Å². The number of carbonyl (C=O) groups excluding carboxylic acids is 1. The number of H-pyrrole nitrogens is 1. The SMILES string of the molecule is CCN(CC)C(=O)c1cccc2nc3ccccc3c(NCCc3c[nH]c4ccccc34)c12. The second kappa shape index (κ2) is 8.94. The molecular weight excluding hydrogens is 408 g/mol. The minimum absolute atomic E-state index is 0.0439. The van der Waals surface area contributed by atoms with Crippen LogP contribution in [0.4, 0.5) is 5.69 Å². The molecule has 166 valence electrons. The number of carbonyl (C=O) groups is 1. The van der Waals surface area contributed by atoms with Crippen molar-refractivity contribution in [3.63, 3.8) is 0 Å². The van der Waals surface area contributed by atoms with Gasteiger partial charge in [0.2, 0.25) is 0 Å². The van der Waals surface area contributed by atoms with Gasteiger partial charge in [-0.05, 0) is 50.1 Å². The Labute approximate surface area is 193 Å². The summed E-state index contributed by atoms with van der Waals surface area (Å²) >= 11 is 0. The smallest absolute Gasteiger partial charge is 0.254 e. The fraction of sp³-hybridized carbons (Fsp3) is 0.214. The second-order valence-corrected chi connectivity index (χ2v) is 8.22. The van der Waals surface area contributed by atoms with Crippen LogP contribution in [0.25, 0.3) is 32.7 Å². The van der Waals surface area contributed by atoms with Crippen molar-refractivity contribution in [2.75, 3.05) is 25.0 Å². The van der Waals surface area contributed by atoms with Crippen molar-refractivity contribution in [1.82, 2.24) is 14.9 Å². The van der Waals surface area contributed by atoms with E-state index in [0.29, 0.717) is 18.7 Å². The van der Waals surface area contributed by atoms with Gasteiger partial charge in [0.1, 0.15) is 0 Å². The molecule has 0 bridgehead atoms. The first-order chi connectivity index (χ1) is 16.2. The highest BCUT2D eigenvalue weighted by Gasteiger charge is 2.20. The quantitative estimate of drug-likeness (QED) is 0.307. The molecule has 0 aliphatic rings. The molecule has 5 nitrogen and oxygen atoms in total. The van der Waals surface area contributed by atoms with E-state index in [4.69, 9.17) is 4.98 Å². The van der Waals surface area contributed by atoms with Crippen LogP contribution in [0.15, 0.2) is 72.9 Å². The minimum atomic E-state index is 0.0439. The first-order valence-corrected chi connectivity index (χ1v) is 11.6. The highest BCUT2D eigenvalue weighted by Crippen LogP contribution is 2.34. The second-order valence-electron chi connectivity index (χ2n) is 8.22. The Kier molecular flexibility index (Phi) is 5.69. The molecule has 33 heavy (non-hydrogen) atoms. The summed E-state index contributed by atoms with van der Waals surface area (Å²) in [4.78, 5) is 23.5. The van der Waals surface area contributed by atoms with Gasteiger partial charge in [0.15, 0.2) is 0 Å². The average molecular weight is 437 g/mol. The van der Waals surface area contributed by atoms with Crippen LogP contribution in [0.1, 0.15) is 29.8 Å². The molecule has 0 unspecified atom stereocenters. The van der Waals surface area contributed by atoms with Crippen LogP contribution in [-0.4, -0.2) is 40.4 Å². The van der Waals surface area contributed by atoms with E-state index < -0.39 is 0 Å². The monoisotopic (exact) mass is 436 g/mol. The molecule has 1 amide bonds. The number of benzene rings is 3. The fourth-order valence-electron chi connectivity index (χ4n) is 4.65. The van der Waals surface area contributed by atoms with E-state index in [1.165, 1.54) is 10.9 Å². The lowest BCUT2D eigenvalue weighted by Gasteiger charge is -2.21. The van der Waals surface area contributed by atoms with E-state index in [1.807, 2.05) is 61.2 Å². The molecule has 3 aromatic carbocycles. The zero-order chi connectivity index (χ0) is 22.8. The van der Waals surface area contributed by atoms with Crippen LogP contribution >= 0.6 is 0 Å². The van der Waals surface area contributed by atoms with Crippen LogP contribution < -0.4 is 5.32 Å². The number of hydrogen-bond donors (Lipinski definition) is 2. The van der Waals surface area contributed by atoms with E-state index in [9.17, 15) is 4.79 Å². The highest BCUT2D eigenvalue weighted by molar-refractivity contribution is 6.16. The van der Waals surface area contributed by atoms with E-state index in [2.05, 4.69) is 40.8 Å². The van der Waals surface area contributed by atoms with Crippen LogP contribution in [0.3, 0.4) is 0 Å². The molecule has 0 saturated carbocycles. The van der Waals surface area contributed by atoms with Crippen LogP contribution in [0, 0.1) is 0 Å². The van der Waals surface area contributed by atoms with Crippen molar-refractivity contribution in [2.24, 2.45) is 0 Å². The predicted octanol–water partition coefficient (Wildman–Crippen LogP) is 6.01.